The Hall–Kier alpha value is -0.0900. The molecule has 4 heteroatoms. The highest BCUT2D eigenvalue weighted by Crippen LogP contribution is 2.24. The van der Waals surface area contributed by atoms with Crippen LogP contribution in [-0.4, -0.2) is 12.0 Å². The van der Waals surface area contributed by atoms with Gasteiger partial charge in [-0.1, -0.05) is 11.3 Å². The third-order valence-electron chi connectivity index (χ3n) is 0.499. The molecule has 0 fully saturated rings. The Bertz CT molecular complexity index is 266. The van der Waals surface area contributed by atoms with E-state index in [4.69, 9.17) is 5.48 Å². The van der Waals surface area contributed by atoms with Crippen LogP contribution in [0.25, 0.3) is 0 Å². The first-order valence-electron chi connectivity index (χ1n) is 3.70. The molecule has 0 atom stereocenters. The smallest absolute Gasteiger partial charge is 0.273 e. The van der Waals surface area contributed by atoms with Crippen molar-refractivity contribution in [2.24, 2.45) is 0 Å². The van der Waals surface area contributed by atoms with Crippen molar-refractivity contribution in [1.29, 1.82) is 0 Å². The van der Waals surface area contributed by atoms with Crippen LogP contribution >= 0.6 is 27.3 Å². The fourth-order valence-corrected chi connectivity index (χ4v) is 1.14. The zero-order chi connectivity index (χ0) is 9.35. The van der Waals surface area contributed by atoms with Crippen LogP contribution in [-0.2, 0) is 0 Å². The zero-order valence-electron chi connectivity index (χ0n) is 7.64. The maximum absolute atomic E-state index is 7.14. The van der Waals surface area contributed by atoms with E-state index < -0.39 is 7.04 Å². The van der Waals surface area contributed by atoms with Gasteiger partial charge in [0.2, 0.25) is 0 Å². The monoisotopic (exact) mass is 197 g/mol. The summed E-state index contributed by atoms with van der Waals surface area (Å²) in [6.07, 6.45) is -0.0146. The molecule has 8 heavy (non-hydrogen) atoms. The van der Waals surface area contributed by atoms with Gasteiger partial charge in [0.1, 0.15) is 0 Å². The van der Waals surface area contributed by atoms with Gasteiger partial charge in [0.25, 0.3) is 5.19 Å². The maximum Gasteiger partial charge on any atom is 0.273 e. The minimum Gasteiger partial charge on any atom is -0.473 e. The molecule has 44 valence electrons. The van der Waals surface area contributed by atoms with Gasteiger partial charge in [-0.2, -0.15) is 0 Å². The Morgan fingerprint density at radius 2 is 3.12 bits per heavy atom. The van der Waals surface area contributed by atoms with Crippen molar-refractivity contribution in [3.8, 4) is 5.19 Å². The first kappa shape index (κ1) is 2.66. The second kappa shape index (κ2) is 2.46. The summed E-state index contributed by atoms with van der Waals surface area (Å²) >= 11 is 4.01. The van der Waals surface area contributed by atoms with Gasteiger partial charge >= 0.3 is 0 Å². The molecule has 0 aromatic carbocycles. The lowest BCUT2D eigenvalue weighted by Crippen LogP contribution is -1.76. The van der Waals surface area contributed by atoms with Gasteiger partial charge in [-0.25, -0.2) is 4.98 Å². The molecule has 0 aliphatic heterocycles. The lowest BCUT2D eigenvalue weighted by atomic mass is 11.0. The Balaban J connectivity index is 2.77. The fourth-order valence-electron chi connectivity index (χ4n) is 0.256. The van der Waals surface area contributed by atoms with E-state index in [1.807, 2.05) is 0 Å². The van der Waals surface area contributed by atoms with Crippen LogP contribution in [0.3, 0.4) is 0 Å². The molecule has 0 bridgehead atoms. The number of thiazole rings is 1. The van der Waals surface area contributed by atoms with Crippen molar-refractivity contribution in [2.75, 3.05) is 7.04 Å². The molecule has 1 aromatic heterocycles. The summed E-state index contributed by atoms with van der Waals surface area (Å²) in [4.78, 5) is 3.55. The minimum absolute atomic E-state index is 0.0146. The van der Waals surface area contributed by atoms with Crippen molar-refractivity contribution in [3.05, 3.63) is 9.96 Å². The summed E-state index contributed by atoms with van der Waals surface area (Å²) < 4.78 is 32.3. The van der Waals surface area contributed by atoms with Crippen LogP contribution in [0.1, 0.15) is 5.48 Å². The highest BCUT2D eigenvalue weighted by atomic mass is 79.9. The van der Waals surface area contributed by atoms with Crippen LogP contribution < -0.4 is 4.74 Å². The standard InChI is InChI=1S/C4H4BrNOS/c1-7-4-6-2-3(5)8-4/h2H,1H3/i1D3,2D. The number of methoxy groups -OCH3 is 1. The van der Waals surface area contributed by atoms with E-state index in [9.17, 15) is 0 Å². The Morgan fingerprint density at radius 3 is 3.62 bits per heavy atom. The molecule has 0 N–H and O–H groups in total. The predicted molar refractivity (Wildman–Crippen MR) is 36.4 cm³/mol. The predicted octanol–water partition coefficient (Wildman–Crippen LogP) is 1.91. The van der Waals surface area contributed by atoms with Crippen molar-refractivity contribution in [2.45, 2.75) is 0 Å². The average Bonchev–Trinajstić information content (AvgIpc) is 2.07. The summed E-state index contributed by atoms with van der Waals surface area (Å²) in [7, 11) is -2.50. The zero-order valence-corrected chi connectivity index (χ0v) is 6.04. The molecule has 0 aliphatic rings. The van der Waals surface area contributed by atoms with E-state index in [0.717, 1.165) is 11.3 Å². The normalized spacial score (nSPS) is 18.1. The molecular formula is C4H4BrNOS. The molecule has 0 saturated heterocycles. The van der Waals surface area contributed by atoms with E-state index in [1.165, 1.54) is 0 Å². The van der Waals surface area contributed by atoms with Crippen LogP contribution in [0.4, 0.5) is 0 Å². The third-order valence-corrected chi connectivity index (χ3v) is 1.78. The van der Waals surface area contributed by atoms with Gasteiger partial charge in [-0.3, -0.25) is 0 Å². The topological polar surface area (TPSA) is 22.1 Å². The van der Waals surface area contributed by atoms with E-state index in [1.54, 1.807) is 0 Å². The first-order chi connectivity index (χ1) is 5.38. The number of nitrogens with zero attached hydrogens (tertiary/aromatic N) is 1. The molecule has 0 aliphatic carbocycles. The van der Waals surface area contributed by atoms with Gasteiger partial charge < -0.3 is 4.74 Å². The Kier molecular flexibility index (Phi) is 0.818. The lowest BCUT2D eigenvalue weighted by Gasteiger charge is -1.84. The van der Waals surface area contributed by atoms with Gasteiger partial charge in [0, 0.05) is 0 Å². The number of halogens is 1. The van der Waals surface area contributed by atoms with Crippen LogP contribution in [0.5, 0.6) is 5.19 Å². The van der Waals surface area contributed by atoms with E-state index in [2.05, 4.69) is 25.7 Å². The fraction of sp³-hybridized carbons (Fsp3) is 0.250. The van der Waals surface area contributed by atoms with Crippen molar-refractivity contribution >= 4 is 27.3 Å². The molecule has 2 nitrogen and oxygen atoms in total. The molecule has 0 spiro atoms. The molecule has 0 amide bonds. The van der Waals surface area contributed by atoms with Gasteiger partial charge in [-0.05, 0) is 15.9 Å². The second-order valence-electron chi connectivity index (χ2n) is 0.967. The maximum atomic E-state index is 7.14. The third kappa shape index (κ3) is 1.20. The molecular weight excluding hydrogens is 190 g/mol. The SMILES string of the molecule is [2H]c1nc(OC([2H])([2H])[2H])sc1Br. The molecule has 0 unspecified atom stereocenters. The summed E-state index contributed by atoms with van der Waals surface area (Å²) in [5.74, 6) is 0. The van der Waals surface area contributed by atoms with Gasteiger partial charge in [0.15, 0.2) is 0 Å². The molecule has 1 rings (SSSR count). The molecule has 1 aromatic rings. The number of hydrogen-bond acceptors (Lipinski definition) is 3. The average molecular weight is 198 g/mol. The van der Waals surface area contributed by atoms with Crippen LogP contribution in [0, 0.1) is 0 Å². The highest BCUT2D eigenvalue weighted by Gasteiger charge is 1.94. The van der Waals surface area contributed by atoms with Gasteiger partial charge in [-0.15, -0.1) is 0 Å². The number of ether oxygens (including phenoxy) is 1. The Labute approximate surface area is 65.3 Å². The largest absolute Gasteiger partial charge is 0.473 e. The quantitative estimate of drug-likeness (QED) is 0.687. The van der Waals surface area contributed by atoms with Crippen molar-refractivity contribution < 1.29 is 10.2 Å². The van der Waals surface area contributed by atoms with Crippen LogP contribution in [0.15, 0.2) is 9.96 Å². The number of aromatic nitrogens is 1. The summed E-state index contributed by atoms with van der Waals surface area (Å²) in [6, 6.07) is 0. The summed E-state index contributed by atoms with van der Waals surface area (Å²) in [5.41, 5.74) is 0. The van der Waals surface area contributed by atoms with Crippen LogP contribution in [0.2, 0.25) is 0 Å². The minimum atomic E-state index is -2.50. The summed E-state index contributed by atoms with van der Waals surface area (Å²) in [6.45, 7) is 0. The van der Waals surface area contributed by atoms with E-state index >= 15 is 0 Å². The first-order valence-corrected chi connectivity index (χ1v) is 3.31. The molecule has 0 saturated carbocycles. The van der Waals surface area contributed by atoms with E-state index in [0.29, 0.717) is 3.79 Å². The molecule has 1 heterocycles. The number of rotatable bonds is 1. The lowest BCUT2D eigenvalue weighted by molar-refractivity contribution is 0.412. The van der Waals surface area contributed by atoms with Gasteiger partial charge in [0.05, 0.1) is 22.5 Å². The van der Waals surface area contributed by atoms with E-state index in [-0.39, 0.29) is 11.4 Å². The number of hydrogen-bond donors (Lipinski definition) is 0. The van der Waals surface area contributed by atoms with Crippen molar-refractivity contribution in [3.63, 3.8) is 0 Å². The highest BCUT2D eigenvalue weighted by molar-refractivity contribution is 9.11. The Morgan fingerprint density at radius 1 is 2.25 bits per heavy atom. The molecule has 0 radical (unpaired) electrons. The summed E-state index contributed by atoms with van der Waals surface area (Å²) in [5, 5.41) is -0.0214. The second-order valence-corrected chi connectivity index (χ2v) is 3.25. The van der Waals surface area contributed by atoms with Crippen molar-refractivity contribution in [1.82, 2.24) is 4.98 Å².